The van der Waals surface area contributed by atoms with Crippen LogP contribution >= 0.6 is 11.6 Å². The lowest BCUT2D eigenvalue weighted by Crippen LogP contribution is -2.30. The number of anilines is 1. The van der Waals surface area contributed by atoms with Crippen LogP contribution in [0.15, 0.2) is 18.2 Å². The molecule has 0 bridgehead atoms. The van der Waals surface area contributed by atoms with E-state index < -0.39 is 0 Å². The van der Waals surface area contributed by atoms with E-state index in [2.05, 4.69) is 11.9 Å². The molecular formula is C14H21ClN2O. The summed E-state index contributed by atoms with van der Waals surface area (Å²) >= 11 is 6.18. The minimum absolute atomic E-state index is 0.649. The molecule has 18 heavy (non-hydrogen) atoms. The Bertz CT molecular complexity index is 391. The maximum absolute atomic E-state index is 6.18. The Hall–Kier alpha value is -0.770. The smallest absolute Gasteiger partial charge is 0.0506 e. The first-order valence-electron chi connectivity index (χ1n) is 6.45. The van der Waals surface area contributed by atoms with E-state index in [0.29, 0.717) is 11.6 Å². The fourth-order valence-corrected chi connectivity index (χ4v) is 2.69. The average molecular weight is 269 g/mol. The lowest BCUT2D eigenvalue weighted by atomic mass is 10.0. The fourth-order valence-electron chi connectivity index (χ4n) is 2.44. The van der Waals surface area contributed by atoms with Crippen LogP contribution in [-0.2, 0) is 11.3 Å². The SMILES string of the molecule is CN(Cc1ccc(N)cc1Cl)CC1CCCOC1. The van der Waals surface area contributed by atoms with Crippen molar-refractivity contribution in [1.29, 1.82) is 0 Å². The van der Waals surface area contributed by atoms with Gasteiger partial charge in [-0.1, -0.05) is 17.7 Å². The normalized spacial score (nSPS) is 20.3. The van der Waals surface area contributed by atoms with Gasteiger partial charge in [0.15, 0.2) is 0 Å². The van der Waals surface area contributed by atoms with Crippen molar-refractivity contribution < 1.29 is 4.74 Å². The zero-order chi connectivity index (χ0) is 13.0. The molecule has 1 aliphatic rings. The van der Waals surface area contributed by atoms with Crippen LogP contribution in [0.25, 0.3) is 0 Å². The molecule has 2 rings (SSSR count). The maximum Gasteiger partial charge on any atom is 0.0506 e. The number of nitrogens with two attached hydrogens (primary N) is 1. The lowest BCUT2D eigenvalue weighted by molar-refractivity contribution is 0.0411. The first kappa shape index (κ1) is 13.7. The van der Waals surface area contributed by atoms with Crippen LogP contribution in [0.4, 0.5) is 5.69 Å². The van der Waals surface area contributed by atoms with Crippen LogP contribution in [0.3, 0.4) is 0 Å². The van der Waals surface area contributed by atoms with Crippen LogP contribution in [0.1, 0.15) is 18.4 Å². The summed E-state index contributed by atoms with van der Waals surface area (Å²) in [6.45, 7) is 3.72. The number of rotatable bonds is 4. The predicted molar refractivity (Wildman–Crippen MR) is 75.7 cm³/mol. The molecule has 1 aromatic carbocycles. The van der Waals surface area contributed by atoms with Gasteiger partial charge in [-0.2, -0.15) is 0 Å². The van der Waals surface area contributed by atoms with E-state index in [-0.39, 0.29) is 0 Å². The van der Waals surface area contributed by atoms with Crippen molar-refractivity contribution in [2.75, 3.05) is 32.5 Å². The van der Waals surface area contributed by atoms with Gasteiger partial charge in [-0.05, 0) is 43.5 Å². The van der Waals surface area contributed by atoms with Crippen molar-refractivity contribution in [3.8, 4) is 0 Å². The Kier molecular flexibility index (Phi) is 4.87. The fraction of sp³-hybridized carbons (Fsp3) is 0.571. The Balaban J connectivity index is 1.87. The molecule has 1 aromatic rings. The molecule has 0 amide bonds. The molecule has 0 spiro atoms. The van der Waals surface area contributed by atoms with Gasteiger partial charge < -0.3 is 15.4 Å². The molecule has 3 nitrogen and oxygen atoms in total. The topological polar surface area (TPSA) is 38.5 Å². The van der Waals surface area contributed by atoms with Gasteiger partial charge in [0.1, 0.15) is 0 Å². The third kappa shape index (κ3) is 3.87. The van der Waals surface area contributed by atoms with Crippen LogP contribution < -0.4 is 5.73 Å². The number of nitrogen functional groups attached to an aromatic ring is 1. The van der Waals surface area contributed by atoms with E-state index in [1.165, 1.54) is 12.8 Å². The Morgan fingerprint density at radius 1 is 1.50 bits per heavy atom. The summed E-state index contributed by atoms with van der Waals surface area (Å²) in [5.41, 5.74) is 7.54. The monoisotopic (exact) mass is 268 g/mol. The van der Waals surface area contributed by atoms with Crippen molar-refractivity contribution in [2.24, 2.45) is 5.92 Å². The van der Waals surface area contributed by atoms with Crippen LogP contribution in [0.5, 0.6) is 0 Å². The zero-order valence-electron chi connectivity index (χ0n) is 10.9. The highest BCUT2D eigenvalue weighted by Crippen LogP contribution is 2.21. The van der Waals surface area contributed by atoms with Crippen molar-refractivity contribution in [3.05, 3.63) is 28.8 Å². The van der Waals surface area contributed by atoms with E-state index in [4.69, 9.17) is 22.1 Å². The molecule has 4 heteroatoms. The quantitative estimate of drug-likeness (QED) is 0.854. The summed E-state index contributed by atoms with van der Waals surface area (Å²) in [5, 5.41) is 0.752. The van der Waals surface area contributed by atoms with Gasteiger partial charge in [0, 0.05) is 30.4 Å². The second-order valence-electron chi connectivity index (χ2n) is 5.13. The average Bonchev–Trinajstić information content (AvgIpc) is 2.34. The molecule has 0 aromatic heterocycles. The molecule has 1 heterocycles. The molecule has 0 saturated carbocycles. The standard InChI is InChI=1S/C14H21ClN2O/c1-17(8-11-3-2-6-18-10-11)9-12-4-5-13(16)7-14(12)15/h4-5,7,11H,2-3,6,8-10,16H2,1H3. The molecule has 1 saturated heterocycles. The minimum Gasteiger partial charge on any atom is -0.399 e. The second kappa shape index (κ2) is 6.41. The molecular weight excluding hydrogens is 248 g/mol. The van der Waals surface area contributed by atoms with Gasteiger partial charge in [0.25, 0.3) is 0 Å². The van der Waals surface area contributed by atoms with Gasteiger partial charge in [-0.25, -0.2) is 0 Å². The van der Waals surface area contributed by atoms with E-state index in [9.17, 15) is 0 Å². The van der Waals surface area contributed by atoms with Gasteiger partial charge in [0.2, 0.25) is 0 Å². The third-order valence-electron chi connectivity index (χ3n) is 3.34. The molecule has 1 atom stereocenters. The molecule has 2 N–H and O–H groups in total. The first-order valence-corrected chi connectivity index (χ1v) is 6.83. The number of hydrogen-bond acceptors (Lipinski definition) is 3. The molecule has 1 aliphatic heterocycles. The summed E-state index contributed by atoms with van der Waals surface area (Å²) in [5.74, 6) is 0.649. The van der Waals surface area contributed by atoms with Crippen LogP contribution in [0, 0.1) is 5.92 Å². The Morgan fingerprint density at radius 3 is 3.00 bits per heavy atom. The molecule has 100 valence electrons. The highest BCUT2D eigenvalue weighted by molar-refractivity contribution is 6.31. The summed E-state index contributed by atoms with van der Waals surface area (Å²) in [4.78, 5) is 2.30. The zero-order valence-corrected chi connectivity index (χ0v) is 11.6. The largest absolute Gasteiger partial charge is 0.399 e. The first-order chi connectivity index (χ1) is 8.65. The maximum atomic E-state index is 6.18. The van der Waals surface area contributed by atoms with E-state index >= 15 is 0 Å². The number of ether oxygens (including phenoxy) is 1. The summed E-state index contributed by atoms with van der Waals surface area (Å²) in [6, 6.07) is 5.72. The van der Waals surface area contributed by atoms with Crippen molar-refractivity contribution in [3.63, 3.8) is 0 Å². The van der Waals surface area contributed by atoms with Crippen molar-refractivity contribution in [2.45, 2.75) is 19.4 Å². The number of halogens is 1. The highest BCUT2D eigenvalue weighted by atomic mass is 35.5. The third-order valence-corrected chi connectivity index (χ3v) is 3.69. The van der Waals surface area contributed by atoms with E-state index in [1.807, 2.05) is 18.2 Å². The lowest BCUT2D eigenvalue weighted by Gasteiger charge is -2.27. The predicted octanol–water partition coefficient (Wildman–Crippen LogP) is 2.78. The second-order valence-corrected chi connectivity index (χ2v) is 5.54. The van der Waals surface area contributed by atoms with Gasteiger partial charge in [-0.15, -0.1) is 0 Å². The van der Waals surface area contributed by atoms with E-state index in [1.54, 1.807) is 0 Å². The van der Waals surface area contributed by atoms with Crippen molar-refractivity contribution >= 4 is 17.3 Å². The Morgan fingerprint density at radius 2 is 2.33 bits per heavy atom. The minimum atomic E-state index is 0.649. The summed E-state index contributed by atoms with van der Waals surface area (Å²) < 4.78 is 5.50. The Labute approximate surface area is 114 Å². The molecule has 0 radical (unpaired) electrons. The van der Waals surface area contributed by atoms with Gasteiger partial charge in [-0.3, -0.25) is 0 Å². The van der Waals surface area contributed by atoms with Crippen LogP contribution in [0.2, 0.25) is 5.02 Å². The van der Waals surface area contributed by atoms with E-state index in [0.717, 1.165) is 36.9 Å². The summed E-state index contributed by atoms with van der Waals surface area (Å²) in [7, 11) is 2.13. The number of hydrogen-bond donors (Lipinski definition) is 1. The van der Waals surface area contributed by atoms with Crippen LogP contribution in [-0.4, -0.2) is 31.7 Å². The highest BCUT2D eigenvalue weighted by Gasteiger charge is 2.16. The van der Waals surface area contributed by atoms with Gasteiger partial charge in [0.05, 0.1) is 6.61 Å². The summed E-state index contributed by atoms with van der Waals surface area (Å²) in [6.07, 6.45) is 2.45. The van der Waals surface area contributed by atoms with Gasteiger partial charge >= 0.3 is 0 Å². The number of benzene rings is 1. The molecule has 1 fully saturated rings. The number of nitrogens with zero attached hydrogens (tertiary/aromatic N) is 1. The molecule has 0 aliphatic carbocycles. The van der Waals surface area contributed by atoms with Crippen molar-refractivity contribution in [1.82, 2.24) is 4.90 Å². The molecule has 1 unspecified atom stereocenters.